The fourth-order valence-electron chi connectivity index (χ4n) is 5.09. The molecule has 0 saturated carbocycles. The molecule has 2 saturated heterocycles. The van der Waals surface area contributed by atoms with Crippen molar-refractivity contribution in [1.29, 1.82) is 0 Å². The number of halogens is 2. The van der Waals surface area contributed by atoms with E-state index < -0.39 is 17.4 Å². The van der Waals surface area contributed by atoms with Gasteiger partial charge in [0.05, 0.1) is 22.2 Å². The lowest BCUT2D eigenvalue weighted by atomic mass is 9.80. The number of piperidine rings is 1. The summed E-state index contributed by atoms with van der Waals surface area (Å²) in [5, 5.41) is 7.06. The molecule has 2 atom stereocenters. The third-order valence-electron chi connectivity index (χ3n) is 7.01. The van der Waals surface area contributed by atoms with Gasteiger partial charge in [0.25, 0.3) is 5.91 Å². The Kier molecular flexibility index (Phi) is 7.91. The first kappa shape index (κ1) is 25.8. The first-order chi connectivity index (χ1) is 16.8. The lowest BCUT2D eigenvalue weighted by molar-refractivity contribution is -0.217. The van der Waals surface area contributed by atoms with Gasteiger partial charge in [-0.25, -0.2) is 4.79 Å². The van der Waals surface area contributed by atoms with Crippen LogP contribution in [-0.2, 0) is 19.8 Å². The van der Waals surface area contributed by atoms with Crippen LogP contribution >= 0.6 is 23.2 Å². The van der Waals surface area contributed by atoms with E-state index in [2.05, 4.69) is 15.5 Å². The van der Waals surface area contributed by atoms with Gasteiger partial charge in [-0.3, -0.25) is 9.69 Å². The highest BCUT2D eigenvalue weighted by Crippen LogP contribution is 2.40. The highest BCUT2D eigenvalue weighted by molar-refractivity contribution is 6.42. The molecule has 2 unspecified atom stereocenters. The zero-order chi connectivity index (χ0) is 25.1. The van der Waals surface area contributed by atoms with Crippen molar-refractivity contribution in [2.45, 2.75) is 50.5 Å². The summed E-state index contributed by atoms with van der Waals surface area (Å²) in [5.41, 5.74) is 0.160. The number of hydrogen-bond donors (Lipinski definition) is 2. The highest BCUT2D eigenvalue weighted by atomic mass is 35.5. The molecule has 4 rings (SSSR count). The predicted octanol–water partition coefficient (Wildman–Crippen LogP) is 5.02. The number of morpholine rings is 1. The van der Waals surface area contributed by atoms with Crippen LogP contribution in [0.4, 0.5) is 4.79 Å². The summed E-state index contributed by atoms with van der Waals surface area (Å²) in [6, 6.07) is 15.3. The Morgan fingerprint density at radius 2 is 1.86 bits per heavy atom. The van der Waals surface area contributed by atoms with E-state index in [9.17, 15) is 9.59 Å². The molecule has 7 nitrogen and oxygen atoms in total. The van der Waals surface area contributed by atoms with Crippen LogP contribution < -0.4 is 10.6 Å². The fourth-order valence-corrected chi connectivity index (χ4v) is 5.40. The summed E-state index contributed by atoms with van der Waals surface area (Å²) in [4.78, 5) is 27.7. The van der Waals surface area contributed by atoms with E-state index in [1.54, 1.807) is 19.1 Å². The fraction of sp³-hybridized carbons (Fsp3) is 0.462. The maximum atomic E-state index is 13.2. The molecular weight excluding hydrogens is 489 g/mol. The topological polar surface area (TPSA) is 79.9 Å². The monoisotopic (exact) mass is 519 g/mol. The smallest absolute Gasteiger partial charge is 0.407 e. The molecule has 2 heterocycles. The maximum Gasteiger partial charge on any atom is 0.407 e. The second-order valence-corrected chi connectivity index (χ2v) is 9.72. The molecule has 2 aromatic rings. The van der Waals surface area contributed by atoms with Crippen LogP contribution in [0.15, 0.2) is 48.5 Å². The van der Waals surface area contributed by atoms with E-state index in [4.69, 9.17) is 32.7 Å². The van der Waals surface area contributed by atoms with Crippen molar-refractivity contribution in [3.8, 4) is 0 Å². The molecule has 2 aliphatic heterocycles. The molecule has 2 aromatic carbocycles. The van der Waals surface area contributed by atoms with Crippen LogP contribution in [0.3, 0.4) is 0 Å². The molecule has 2 fully saturated rings. The van der Waals surface area contributed by atoms with Gasteiger partial charge in [0, 0.05) is 19.6 Å². The Morgan fingerprint density at radius 3 is 2.49 bits per heavy atom. The zero-order valence-corrected chi connectivity index (χ0v) is 21.5. The Labute approximate surface area is 216 Å². The van der Waals surface area contributed by atoms with Gasteiger partial charge in [-0.15, -0.1) is 0 Å². The van der Waals surface area contributed by atoms with Crippen LogP contribution in [0.25, 0.3) is 0 Å². The number of carbonyl (C=O) groups excluding carboxylic acids is 2. The molecule has 35 heavy (non-hydrogen) atoms. The van der Waals surface area contributed by atoms with Gasteiger partial charge in [0.2, 0.25) is 5.72 Å². The van der Waals surface area contributed by atoms with E-state index in [1.807, 2.05) is 43.3 Å². The third-order valence-corrected chi connectivity index (χ3v) is 7.74. The average molecular weight is 520 g/mol. The Balaban J connectivity index is 1.57. The van der Waals surface area contributed by atoms with Gasteiger partial charge >= 0.3 is 6.09 Å². The summed E-state index contributed by atoms with van der Waals surface area (Å²) in [6.07, 6.45) is 0.875. The Bertz CT molecular complexity index is 1060. The summed E-state index contributed by atoms with van der Waals surface area (Å²) < 4.78 is 11.8. The first-order valence-corrected chi connectivity index (χ1v) is 12.8. The van der Waals surface area contributed by atoms with Gasteiger partial charge < -0.3 is 20.1 Å². The maximum absolute atomic E-state index is 13.2. The average Bonchev–Trinajstić information content (AvgIpc) is 2.87. The van der Waals surface area contributed by atoms with Crippen molar-refractivity contribution in [2.24, 2.45) is 0 Å². The number of alkyl carbamates (subject to hydrolysis) is 1. The number of carbonyl (C=O) groups is 2. The van der Waals surface area contributed by atoms with Crippen LogP contribution in [-0.4, -0.2) is 48.9 Å². The Hall–Kier alpha value is -2.32. The van der Waals surface area contributed by atoms with E-state index >= 15 is 0 Å². The van der Waals surface area contributed by atoms with Gasteiger partial charge in [0.1, 0.15) is 6.10 Å². The largest absolute Gasteiger partial charge is 0.450 e. The number of rotatable bonds is 6. The van der Waals surface area contributed by atoms with Gasteiger partial charge in [0.15, 0.2) is 0 Å². The van der Waals surface area contributed by atoms with Crippen molar-refractivity contribution in [3.05, 3.63) is 69.7 Å². The van der Waals surface area contributed by atoms with Crippen LogP contribution in [0.2, 0.25) is 10.0 Å². The quantitative estimate of drug-likeness (QED) is 0.559. The molecule has 2 N–H and O–H groups in total. The van der Waals surface area contributed by atoms with E-state index in [0.29, 0.717) is 55.5 Å². The lowest BCUT2D eigenvalue weighted by Crippen LogP contribution is -2.67. The molecule has 2 aliphatic rings. The third kappa shape index (κ3) is 5.14. The van der Waals surface area contributed by atoms with Crippen LogP contribution in [0.1, 0.15) is 50.3 Å². The standard InChI is InChI=1S/C26H31Cl2N3O4/c1-3-26(23(32)29-17-22(35-26)18-10-11-20(27)21(28)16-18)31-14-12-25(13-15-31,30-24(33)34-4-2)19-8-6-5-7-9-19/h5-11,16,22H,3-4,12-15,17H2,1-2H3,(H,29,32)(H,30,33). The summed E-state index contributed by atoms with van der Waals surface area (Å²) in [7, 11) is 0. The number of nitrogens with zero attached hydrogens (tertiary/aromatic N) is 1. The molecule has 0 aliphatic carbocycles. The normalized spacial score (nSPS) is 24.5. The molecule has 0 aromatic heterocycles. The van der Waals surface area contributed by atoms with Crippen molar-refractivity contribution >= 4 is 35.2 Å². The molecule has 0 radical (unpaired) electrons. The van der Waals surface area contributed by atoms with E-state index in [0.717, 1.165) is 11.1 Å². The first-order valence-electron chi connectivity index (χ1n) is 12.0. The minimum atomic E-state index is -1.12. The lowest BCUT2D eigenvalue weighted by Gasteiger charge is -2.51. The highest BCUT2D eigenvalue weighted by Gasteiger charge is 2.51. The molecule has 188 valence electrons. The molecule has 0 bridgehead atoms. The van der Waals surface area contributed by atoms with Crippen LogP contribution in [0, 0.1) is 0 Å². The van der Waals surface area contributed by atoms with Crippen molar-refractivity contribution < 1.29 is 19.1 Å². The minimum Gasteiger partial charge on any atom is -0.450 e. The van der Waals surface area contributed by atoms with Crippen molar-refractivity contribution in [1.82, 2.24) is 15.5 Å². The van der Waals surface area contributed by atoms with E-state index in [1.165, 1.54) is 0 Å². The molecule has 9 heteroatoms. The van der Waals surface area contributed by atoms with Crippen LogP contribution in [0.5, 0.6) is 0 Å². The second kappa shape index (κ2) is 10.7. The summed E-state index contributed by atoms with van der Waals surface area (Å²) in [6.45, 7) is 5.49. The molecule has 0 spiro atoms. The Morgan fingerprint density at radius 1 is 1.14 bits per heavy atom. The minimum absolute atomic E-state index is 0.151. The van der Waals surface area contributed by atoms with Gasteiger partial charge in [-0.05, 0) is 49.4 Å². The van der Waals surface area contributed by atoms with E-state index in [-0.39, 0.29) is 12.0 Å². The number of ether oxygens (including phenoxy) is 2. The molecular formula is C26H31Cl2N3O4. The summed E-state index contributed by atoms with van der Waals surface area (Å²) in [5.74, 6) is -0.151. The van der Waals surface area contributed by atoms with Crippen molar-refractivity contribution in [3.63, 3.8) is 0 Å². The number of likely N-dealkylation sites (tertiary alicyclic amines) is 1. The van der Waals surface area contributed by atoms with Gasteiger partial charge in [-0.2, -0.15) is 0 Å². The number of amides is 2. The number of benzene rings is 2. The van der Waals surface area contributed by atoms with Gasteiger partial charge in [-0.1, -0.05) is 66.5 Å². The summed E-state index contributed by atoms with van der Waals surface area (Å²) >= 11 is 12.3. The van der Waals surface area contributed by atoms with Crippen molar-refractivity contribution in [2.75, 3.05) is 26.2 Å². The SMILES string of the molecule is CCOC(=O)NC1(c2ccccc2)CCN(C2(CC)OC(c3ccc(Cl)c(Cl)c3)CNC2=O)CC1. The second-order valence-electron chi connectivity index (χ2n) is 8.91. The zero-order valence-electron chi connectivity index (χ0n) is 20.0. The number of nitrogens with one attached hydrogen (secondary N) is 2. The predicted molar refractivity (Wildman–Crippen MR) is 135 cm³/mol. The molecule has 2 amide bonds. The number of hydrogen-bond acceptors (Lipinski definition) is 5.